The molecule has 2 N–H and O–H groups in total. The fraction of sp³-hybridized carbons (Fsp3) is 0.533. The van der Waals surface area contributed by atoms with Gasteiger partial charge in [-0.05, 0) is 32.9 Å². The first kappa shape index (κ1) is 18.4. The van der Waals surface area contributed by atoms with Gasteiger partial charge >= 0.3 is 6.09 Å². The summed E-state index contributed by atoms with van der Waals surface area (Å²) < 4.78 is 20.2. The zero-order chi connectivity index (χ0) is 16.8. The minimum Gasteiger partial charge on any atom is -0.493 e. The SMILES string of the molecule is CC(C)(C)OC(N)=O.COc1cc(Cl)ccc1OCC1CO1.[HH]. The van der Waals surface area contributed by atoms with E-state index < -0.39 is 11.7 Å². The van der Waals surface area contributed by atoms with Crippen LogP contribution in [0.25, 0.3) is 0 Å². The van der Waals surface area contributed by atoms with Gasteiger partial charge in [-0.3, -0.25) is 0 Å². The molecule has 1 aromatic rings. The van der Waals surface area contributed by atoms with Crippen LogP contribution in [-0.2, 0) is 9.47 Å². The van der Waals surface area contributed by atoms with Gasteiger partial charge < -0.3 is 24.7 Å². The van der Waals surface area contributed by atoms with Crippen molar-refractivity contribution in [2.45, 2.75) is 32.5 Å². The van der Waals surface area contributed by atoms with Crippen LogP contribution >= 0.6 is 11.6 Å². The summed E-state index contributed by atoms with van der Waals surface area (Å²) in [4.78, 5) is 10.0. The second kappa shape index (κ2) is 8.10. The van der Waals surface area contributed by atoms with Crippen molar-refractivity contribution in [3.8, 4) is 11.5 Å². The maximum absolute atomic E-state index is 10.0. The number of hydrogen-bond donors (Lipinski definition) is 1. The number of methoxy groups -OCH3 is 1. The van der Waals surface area contributed by atoms with E-state index in [4.69, 9.17) is 31.5 Å². The van der Waals surface area contributed by atoms with Crippen molar-refractivity contribution >= 4 is 17.7 Å². The lowest BCUT2D eigenvalue weighted by Crippen LogP contribution is -2.27. The number of hydrogen-bond acceptors (Lipinski definition) is 5. The van der Waals surface area contributed by atoms with Gasteiger partial charge in [0, 0.05) is 12.5 Å². The van der Waals surface area contributed by atoms with Crippen molar-refractivity contribution in [1.29, 1.82) is 0 Å². The van der Waals surface area contributed by atoms with Gasteiger partial charge in [0.1, 0.15) is 18.3 Å². The van der Waals surface area contributed by atoms with Crippen molar-refractivity contribution in [2.75, 3.05) is 20.3 Å². The number of halogens is 1. The summed E-state index contributed by atoms with van der Waals surface area (Å²) in [6.07, 6.45) is -0.479. The number of primary amides is 1. The fourth-order valence-corrected chi connectivity index (χ4v) is 1.57. The zero-order valence-electron chi connectivity index (χ0n) is 13.2. The molecule has 0 saturated carbocycles. The summed E-state index contributed by atoms with van der Waals surface area (Å²) in [6, 6.07) is 5.29. The molecule has 1 amide bonds. The van der Waals surface area contributed by atoms with Gasteiger partial charge in [-0.2, -0.15) is 0 Å². The standard InChI is InChI=1S/C10H11ClO3.C5H11NO2.H2/c1-12-10-4-7(11)2-3-9(10)14-6-8-5-13-8;1-5(2,3)8-4(6)7;/h2-4,8H,5-6H2,1H3;1-3H3,(H2,6,7);1H. The highest BCUT2D eigenvalue weighted by atomic mass is 35.5. The lowest BCUT2D eigenvalue weighted by molar-refractivity contribution is 0.0600. The molecule has 1 atom stereocenters. The first-order chi connectivity index (χ1) is 10.2. The van der Waals surface area contributed by atoms with Gasteiger partial charge in [-0.1, -0.05) is 11.6 Å². The van der Waals surface area contributed by atoms with Crippen molar-refractivity contribution in [1.82, 2.24) is 0 Å². The van der Waals surface area contributed by atoms with Crippen LogP contribution in [-0.4, -0.2) is 38.1 Å². The Kier molecular flexibility index (Phi) is 6.77. The highest BCUT2D eigenvalue weighted by Gasteiger charge is 2.23. The van der Waals surface area contributed by atoms with Gasteiger partial charge in [0.15, 0.2) is 11.5 Å². The molecule has 2 rings (SSSR count). The molecule has 1 aliphatic heterocycles. The minimum absolute atomic E-state index is 0. The fourth-order valence-electron chi connectivity index (χ4n) is 1.41. The number of carbonyl (C=O) groups excluding carboxylic acids is 1. The average Bonchev–Trinajstić information content (AvgIpc) is 3.19. The maximum atomic E-state index is 10.0. The third kappa shape index (κ3) is 7.95. The van der Waals surface area contributed by atoms with E-state index in [1.807, 2.05) is 0 Å². The molecule has 1 fully saturated rings. The highest BCUT2D eigenvalue weighted by molar-refractivity contribution is 6.30. The Labute approximate surface area is 136 Å². The minimum atomic E-state index is -0.725. The Bertz CT molecular complexity index is 503. The van der Waals surface area contributed by atoms with Crippen LogP contribution in [0.4, 0.5) is 4.79 Å². The van der Waals surface area contributed by atoms with Crippen LogP contribution in [0.3, 0.4) is 0 Å². The predicted molar refractivity (Wildman–Crippen MR) is 85.8 cm³/mol. The van der Waals surface area contributed by atoms with Crippen LogP contribution in [0.2, 0.25) is 5.02 Å². The molecule has 126 valence electrons. The molecule has 1 heterocycles. The Balaban J connectivity index is 0.000000469. The number of amides is 1. The molecule has 7 heteroatoms. The van der Waals surface area contributed by atoms with E-state index in [0.29, 0.717) is 23.1 Å². The summed E-state index contributed by atoms with van der Waals surface area (Å²) in [5.41, 5.74) is 4.26. The number of nitrogens with two attached hydrogens (primary N) is 1. The molecule has 1 aromatic carbocycles. The summed E-state index contributed by atoms with van der Waals surface area (Å²) >= 11 is 5.81. The number of ether oxygens (including phenoxy) is 4. The molecule has 1 aliphatic rings. The van der Waals surface area contributed by atoms with Crippen molar-refractivity contribution in [3.05, 3.63) is 23.2 Å². The van der Waals surface area contributed by atoms with E-state index >= 15 is 0 Å². The maximum Gasteiger partial charge on any atom is 0.405 e. The second-order valence-corrected chi connectivity index (χ2v) is 6.03. The monoisotopic (exact) mass is 333 g/mol. The Morgan fingerprint density at radius 3 is 2.50 bits per heavy atom. The first-order valence-electron chi connectivity index (χ1n) is 6.77. The Morgan fingerprint density at radius 1 is 1.45 bits per heavy atom. The summed E-state index contributed by atoms with van der Waals surface area (Å²) in [7, 11) is 1.59. The highest BCUT2D eigenvalue weighted by Crippen LogP contribution is 2.30. The molecule has 1 saturated heterocycles. The van der Waals surface area contributed by atoms with Gasteiger partial charge in [-0.15, -0.1) is 0 Å². The summed E-state index contributed by atoms with van der Waals surface area (Å²) in [6.45, 7) is 6.64. The molecular weight excluding hydrogens is 310 g/mol. The van der Waals surface area contributed by atoms with Gasteiger partial charge in [0.05, 0.1) is 13.7 Å². The molecule has 22 heavy (non-hydrogen) atoms. The quantitative estimate of drug-likeness (QED) is 0.855. The van der Waals surface area contributed by atoms with E-state index in [1.165, 1.54) is 0 Å². The number of rotatable bonds is 4. The van der Waals surface area contributed by atoms with E-state index in [9.17, 15) is 4.79 Å². The molecule has 6 nitrogen and oxygen atoms in total. The van der Waals surface area contributed by atoms with Crippen LogP contribution in [0.1, 0.15) is 22.2 Å². The van der Waals surface area contributed by atoms with E-state index in [2.05, 4.69) is 4.74 Å². The van der Waals surface area contributed by atoms with Crippen LogP contribution in [0, 0.1) is 0 Å². The first-order valence-corrected chi connectivity index (χ1v) is 7.15. The summed E-state index contributed by atoms with van der Waals surface area (Å²) in [5.74, 6) is 1.35. The molecule has 0 aliphatic carbocycles. The molecule has 1 unspecified atom stereocenters. The van der Waals surface area contributed by atoms with E-state index in [1.54, 1.807) is 46.1 Å². The number of benzene rings is 1. The zero-order valence-corrected chi connectivity index (χ0v) is 14.0. The van der Waals surface area contributed by atoms with Crippen LogP contribution < -0.4 is 15.2 Å². The largest absolute Gasteiger partial charge is 0.493 e. The second-order valence-electron chi connectivity index (χ2n) is 5.59. The smallest absolute Gasteiger partial charge is 0.405 e. The molecule has 0 radical (unpaired) electrons. The van der Waals surface area contributed by atoms with Crippen LogP contribution in [0.15, 0.2) is 18.2 Å². The number of epoxide rings is 1. The Hall–Kier alpha value is -1.66. The lowest BCUT2D eigenvalue weighted by atomic mass is 10.2. The van der Waals surface area contributed by atoms with Crippen molar-refractivity contribution < 1.29 is 25.2 Å². The molecule has 0 spiro atoms. The lowest BCUT2D eigenvalue weighted by Gasteiger charge is -2.16. The van der Waals surface area contributed by atoms with E-state index in [0.717, 1.165) is 6.61 Å². The van der Waals surface area contributed by atoms with E-state index in [-0.39, 0.29) is 7.53 Å². The summed E-state index contributed by atoms with van der Waals surface area (Å²) in [5, 5.41) is 0.636. The average molecular weight is 334 g/mol. The molecule has 0 aromatic heterocycles. The normalized spacial score (nSPS) is 16.1. The number of carbonyl (C=O) groups is 1. The third-order valence-electron chi connectivity index (χ3n) is 2.36. The van der Waals surface area contributed by atoms with Crippen molar-refractivity contribution in [2.24, 2.45) is 5.73 Å². The molecular formula is C15H24ClNO5. The van der Waals surface area contributed by atoms with Gasteiger partial charge in [-0.25, -0.2) is 4.79 Å². The Morgan fingerprint density at radius 2 is 2.09 bits per heavy atom. The third-order valence-corrected chi connectivity index (χ3v) is 2.59. The van der Waals surface area contributed by atoms with Gasteiger partial charge in [0.2, 0.25) is 0 Å². The molecule has 0 bridgehead atoms. The van der Waals surface area contributed by atoms with Gasteiger partial charge in [0.25, 0.3) is 0 Å². The topological polar surface area (TPSA) is 83.3 Å². The predicted octanol–water partition coefficient (Wildman–Crippen LogP) is 3.25. The van der Waals surface area contributed by atoms with Crippen LogP contribution in [0.5, 0.6) is 11.5 Å². The van der Waals surface area contributed by atoms with Crippen molar-refractivity contribution in [3.63, 3.8) is 0 Å².